The summed E-state index contributed by atoms with van der Waals surface area (Å²) in [6.45, 7) is 7.44. The Morgan fingerprint density at radius 3 is 2.78 bits per heavy atom. The van der Waals surface area contributed by atoms with Crippen LogP contribution in [0, 0.1) is 11.8 Å². The molecular formula is C31H36N2O3. The maximum atomic E-state index is 12.6. The Morgan fingerprint density at radius 1 is 1.17 bits per heavy atom. The number of carbonyl (C=O) groups excluding carboxylic acids is 1. The van der Waals surface area contributed by atoms with Crippen LogP contribution in [-0.4, -0.2) is 22.8 Å². The van der Waals surface area contributed by atoms with Gasteiger partial charge in [-0.15, -0.1) is 0 Å². The number of H-pyrrole nitrogens is 1. The Bertz CT molecular complexity index is 1280. The molecule has 3 aromatic rings. The van der Waals surface area contributed by atoms with Crippen molar-refractivity contribution in [2.45, 2.75) is 77.2 Å². The Hall–Kier alpha value is -3.08. The van der Waals surface area contributed by atoms with Gasteiger partial charge in [-0.1, -0.05) is 50.2 Å². The zero-order valence-corrected chi connectivity index (χ0v) is 21.6. The first-order valence-electron chi connectivity index (χ1n) is 13.6. The zero-order valence-electron chi connectivity index (χ0n) is 21.6. The fraction of sp³-hybridized carbons (Fsp3) is 0.484. The third kappa shape index (κ3) is 3.66. The van der Waals surface area contributed by atoms with E-state index in [4.69, 9.17) is 9.47 Å². The minimum atomic E-state index is -0.293. The van der Waals surface area contributed by atoms with Crippen molar-refractivity contribution in [1.29, 1.82) is 0 Å². The smallest absolute Gasteiger partial charge is 0.359 e. The zero-order chi connectivity index (χ0) is 24.9. The van der Waals surface area contributed by atoms with Crippen molar-refractivity contribution < 1.29 is 14.3 Å². The highest BCUT2D eigenvalue weighted by Gasteiger charge is 2.55. The number of carbonyl (C=O) groups is 1. The largest absolute Gasteiger partial charge is 0.489 e. The SMILES string of the molecule is CCOC(=O)c1n[nH]c2c1CC1C3CCc4cc(OCc5ccccc5)c(CC)cc4C3CC[C@]21C. The topological polar surface area (TPSA) is 64.2 Å². The molecule has 1 saturated carbocycles. The van der Waals surface area contributed by atoms with Crippen LogP contribution in [-0.2, 0) is 36.0 Å². The number of hydrogen-bond acceptors (Lipinski definition) is 4. The molecule has 0 bridgehead atoms. The lowest BCUT2D eigenvalue weighted by Crippen LogP contribution is -2.43. The second-order valence-corrected chi connectivity index (χ2v) is 11.0. The molecule has 0 radical (unpaired) electrons. The highest BCUT2D eigenvalue weighted by molar-refractivity contribution is 5.89. The first-order valence-corrected chi connectivity index (χ1v) is 13.6. The number of aromatic nitrogens is 2. The molecule has 1 aromatic heterocycles. The first-order chi connectivity index (χ1) is 17.5. The lowest BCUT2D eigenvalue weighted by molar-refractivity contribution is 0.0516. The van der Waals surface area contributed by atoms with Gasteiger partial charge in [0.15, 0.2) is 5.69 Å². The summed E-state index contributed by atoms with van der Waals surface area (Å²) in [5.41, 5.74) is 8.35. The van der Waals surface area contributed by atoms with E-state index in [2.05, 4.69) is 60.4 Å². The fourth-order valence-electron chi connectivity index (χ4n) is 7.42. The van der Waals surface area contributed by atoms with Gasteiger partial charge in [0.1, 0.15) is 12.4 Å². The summed E-state index contributed by atoms with van der Waals surface area (Å²) in [4.78, 5) is 12.6. The van der Waals surface area contributed by atoms with Crippen LogP contribution >= 0.6 is 0 Å². The number of hydrogen-bond donors (Lipinski definition) is 1. The van der Waals surface area contributed by atoms with Crippen molar-refractivity contribution in [3.05, 3.63) is 81.7 Å². The fourth-order valence-corrected chi connectivity index (χ4v) is 7.42. The van der Waals surface area contributed by atoms with E-state index >= 15 is 0 Å². The average Bonchev–Trinajstić information content (AvgIpc) is 3.45. The minimum absolute atomic E-state index is 0.0536. The van der Waals surface area contributed by atoms with Crippen molar-refractivity contribution >= 4 is 5.97 Å². The van der Waals surface area contributed by atoms with Crippen molar-refractivity contribution in [2.24, 2.45) is 11.8 Å². The number of ether oxygens (including phenoxy) is 2. The van der Waals surface area contributed by atoms with E-state index in [0.29, 0.717) is 36.7 Å². The normalized spacial score (nSPS) is 25.9. The molecule has 0 spiro atoms. The van der Waals surface area contributed by atoms with E-state index in [1.165, 1.54) is 40.8 Å². The van der Waals surface area contributed by atoms with Crippen LogP contribution in [0.25, 0.3) is 0 Å². The van der Waals surface area contributed by atoms with E-state index in [-0.39, 0.29) is 11.4 Å². The summed E-state index contributed by atoms with van der Waals surface area (Å²) in [7, 11) is 0. The maximum Gasteiger partial charge on any atom is 0.359 e. The molecule has 1 heterocycles. The maximum absolute atomic E-state index is 12.6. The van der Waals surface area contributed by atoms with Crippen LogP contribution < -0.4 is 4.74 Å². The van der Waals surface area contributed by atoms with Crippen molar-refractivity contribution in [3.63, 3.8) is 0 Å². The van der Waals surface area contributed by atoms with Crippen LogP contribution in [0.3, 0.4) is 0 Å². The monoisotopic (exact) mass is 484 g/mol. The molecule has 188 valence electrons. The Labute approximate surface area is 213 Å². The molecule has 1 N–H and O–H groups in total. The number of nitrogens with one attached hydrogen (secondary N) is 1. The van der Waals surface area contributed by atoms with Crippen molar-refractivity contribution in [2.75, 3.05) is 6.61 Å². The molecule has 2 aromatic carbocycles. The molecule has 6 rings (SSSR count). The van der Waals surface area contributed by atoms with E-state index < -0.39 is 0 Å². The molecule has 1 fully saturated rings. The predicted molar refractivity (Wildman–Crippen MR) is 139 cm³/mol. The van der Waals surface area contributed by atoms with E-state index in [9.17, 15) is 4.79 Å². The van der Waals surface area contributed by atoms with Crippen molar-refractivity contribution in [3.8, 4) is 5.75 Å². The lowest BCUT2D eigenvalue weighted by Gasteiger charge is -2.49. The van der Waals surface area contributed by atoms with Crippen LogP contribution in [0.1, 0.15) is 90.0 Å². The van der Waals surface area contributed by atoms with Gasteiger partial charge in [0.2, 0.25) is 0 Å². The summed E-state index contributed by atoms with van der Waals surface area (Å²) in [5, 5.41) is 7.66. The summed E-state index contributed by atoms with van der Waals surface area (Å²) in [5.74, 6) is 2.47. The number of nitrogens with zero attached hydrogens (tertiary/aromatic N) is 1. The van der Waals surface area contributed by atoms with Gasteiger partial charge in [0, 0.05) is 16.7 Å². The molecule has 0 aliphatic heterocycles. The second-order valence-electron chi connectivity index (χ2n) is 11.0. The molecular weight excluding hydrogens is 448 g/mol. The summed E-state index contributed by atoms with van der Waals surface area (Å²) in [6.07, 6.45) is 6.45. The third-order valence-corrected chi connectivity index (χ3v) is 9.24. The second kappa shape index (κ2) is 9.10. The number of rotatable bonds is 6. The number of benzene rings is 2. The van der Waals surface area contributed by atoms with Crippen LogP contribution in [0.4, 0.5) is 0 Å². The highest BCUT2D eigenvalue weighted by Crippen LogP contribution is 2.60. The predicted octanol–water partition coefficient (Wildman–Crippen LogP) is 6.30. The van der Waals surface area contributed by atoms with E-state index in [0.717, 1.165) is 37.0 Å². The van der Waals surface area contributed by atoms with Gasteiger partial charge in [0.25, 0.3) is 0 Å². The minimum Gasteiger partial charge on any atom is -0.489 e. The first kappa shape index (κ1) is 23.3. The molecule has 4 atom stereocenters. The van der Waals surface area contributed by atoms with Gasteiger partial charge in [-0.25, -0.2) is 4.79 Å². The molecule has 36 heavy (non-hydrogen) atoms. The Balaban J connectivity index is 1.27. The summed E-state index contributed by atoms with van der Waals surface area (Å²) < 4.78 is 11.6. The molecule has 0 saturated heterocycles. The molecule has 3 unspecified atom stereocenters. The van der Waals surface area contributed by atoms with Gasteiger partial charge < -0.3 is 9.47 Å². The molecule has 5 heteroatoms. The van der Waals surface area contributed by atoms with Crippen LogP contribution in [0.5, 0.6) is 5.75 Å². The van der Waals surface area contributed by atoms with Crippen molar-refractivity contribution in [1.82, 2.24) is 10.2 Å². The lowest BCUT2D eigenvalue weighted by atomic mass is 9.55. The van der Waals surface area contributed by atoms with Crippen LogP contribution in [0.15, 0.2) is 42.5 Å². The van der Waals surface area contributed by atoms with Gasteiger partial charge in [-0.05, 0) is 91.5 Å². The quantitative estimate of drug-likeness (QED) is 0.417. The standard InChI is InChI=1S/C31H36N2O3/c1-4-20-15-24-21(16-27(20)36-18-19-9-7-6-8-10-19)11-12-23-22(24)13-14-31(3)26(23)17-25-28(30(34)35-5-2)32-33-29(25)31/h6-10,15-16,22-23,26H,4-5,11-14,17-18H2,1-3H3,(H,32,33)/t22?,23?,26?,31-/m0/s1. The van der Waals surface area contributed by atoms with E-state index in [1.54, 1.807) is 0 Å². The van der Waals surface area contributed by atoms with Gasteiger partial charge in [-0.2, -0.15) is 5.10 Å². The third-order valence-electron chi connectivity index (χ3n) is 9.24. The number of fused-ring (bicyclic) bond motifs is 7. The molecule has 0 amide bonds. The molecule has 3 aliphatic carbocycles. The van der Waals surface area contributed by atoms with Gasteiger partial charge >= 0.3 is 5.97 Å². The highest BCUT2D eigenvalue weighted by atomic mass is 16.5. The number of aryl methyl sites for hydroxylation is 2. The number of aromatic amines is 1. The van der Waals surface area contributed by atoms with Gasteiger partial charge in [0.05, 0.1) is 6.61 Å². The number of esters is 1. The Morgan fingerprint density at radius 2 is 2.00 bits per heavy atom. The summed E-state index contributed by atoms with van der Waals surface area (Å²) in [6, 6.07) is 15.2. The van der Waals surface area contributed by atoms with E-state index in [1.807, 2.05) is 13.0 Å². The average molecular weight is 485 g/mol. The summed E-state index contributed by atoms with van der Waals surface area (Å²) >= 11 is 0. The molecule has 3 aliphatic rings. The van der Waals surface area contributed by atoms with Crippen LogP contribution in [0.2, 0.25) is 0 Å². The Kier molecular flexibility index (Phi) is 5.89. The van der Waals surface area contributed by atoms with Gasteiger partial charge in [-0.3, -0.25) is 5.10 Å². The molecule has 5 nitrogen and oxygen atoms in total.